The van der Waals surface area contributed by atoms with Crippen molar-refractivity contribution in [3.63, 3.8) is 0 Å². The van der Waals surface area contributed by atoms with Gasteiger partial charge in [-0.3, -0.25) is 0 Å². The minimum absolute atomic E-state index is 0. The first-order chi connectivity index (χ1) is 22.7. The molecule has 0 saturated heterocycles. The number of allylic oxidation sites excluding steroid dienone is 3. The molecule has 14 heteroatoms. The van der Waals surface area contributed by atoms with Crippen molar-refractivity contribution in [2.45, 2.75) is 136 Å². The van der Waals surface area contributed by atoms with Crippen molar-refractivity contribution in [1.82, 2.24) is 0 Å². The van der Waals surface area contributed by atoms with Gasteiger partial charge in [-0.15, -0.1) is 0 Å². The monoisotopic (exact) mass is 732 g/mol. The van der Waals surface area contributed by atoms with Gasteiger partial charge in [0.1, 0.15) is 0 Å². The van der Waals surface area contributed by atoms with E-state index in [1.807, 2.05) is 0 Å². The second kappa shape index (κ2) is 40.5. The molecule has 3 atom stereocenters. The van der Waals surface area contributed by atoms with Crippen LogP contribution in [0.15, 0.2) is 36.5 Å². The first kappa shape index (κ1) is 56.5. The fraction of sp³-hybridized carbons (Fsp3) is 0.667. The molecule has 276 valence electrons. The zero-order chi connectivity index (χ0) is 37.2. The van der Waals surface area contributed by atoms with Crippen LogP contribution in [0.3, 0.4) is 0 Å². The minimum Gasteiger partial charge on any atom is -0.550 e. The standard InChI is InChI=1S/3C12H20O4.2Al/c3*1-2-3-4-5-6-7-8-10(12(15)16)9-11(13)14;;/h3*7-8,10H,2-6,9H2,1H3,(H,13,14)(H,15,16);;/q;;;2*+3/p-6. The van der Waals surface area contributed by atoms with Gasteiger partial charge in [0.25, 0.3) is 0 Å². The summed E-state index contributed by atoms with van der Waals surface area (Å²) >= 11 is 0. The quantitative estimate of drug-likeness (QED) is 0.0578. The third kappa shape index (κ3) is 43.1. The van der Waals surface area contributed by atoms with Crippen LogP contribution in [0.1, 0.15) is 136 Å². The third-order valence-corrected chi connectivity index (χ3v) is 6.85. The van der Waals surface area contributed by atoms with E-state index in [0.717, 1.165) is 96.3 Å². The second-order valence-corrected chi connectivity index (χ2v) is 11.3. The van der Waals surface area contributed by atoms with Gasteiger partial charge >= 0.3 is 34.7 Å². The van der Waals surface area contributed by atoms with Crippen LogP contribution < -0.4 is 30.6 Å². The fourth-order valence-electron chi connectivity index (χ4n) is 4.08. The van der Waals surface area contributed by atoms with Crippen molar-refractivity contribution in [1.29, 1.82) is 0 Å². The van der Waals surface area contributed by atoms with Crippen LogP contribution in [0, 0.1) is 17.8 Å². The predicted molar refractivity (Wildman–Crippen MR) is 180 cm³/mol. The van der Waals surface area contributed by atoms with Gasteiger partial charge in [0, 0.05) is 53.6 Å². The number of carboxylic acid groups (broad SMARTS) is 6. The molecular formula is C36H54Al2O12. The Bertz CT molecular complexity index is 872. The van der Waals surface area contributed by atoms with Crippen molar-refractivity contribution in [3.8, 4) is 0 Å². The maximum absolute atomic E-state index is 10.5. The molecule has 0 aliphatic rings. The van der Waals surface area contributed by atoms with Crippen LogP contribution in [-0.2, 0) is 28.8 Å². The van der Waals surface area contributed by atoms with E-state index in [0.29, 0.717) is 0 Å². The number of hydrogen-bond acceptors (Lipinski definition) is 12. The van der Waals surface area contributed by atoms with Gasteiger partial charge in [-0.2, -0.15) is 0 Å². The average Bonchev–Trinajstić information content (AvgIpc) is 3.00. The van der Waals surface area contributed by atoms with Gasteiger partial charge in [0.05, 0.1) is 0 Å². The van der Waals surface area contributed by atoms with Crippen molar-refractivity contribution < 1.29 is 59.4 Å². The summed E-state index contributed by atoms with van der Waals surface area (Å²) in [5.74, 6) is -11.4. The van der Waals surface area contributed by atoms with Gasteiger partial charge in [-0.05, 0) is 57.8 Å². The van der Waals surface area contributed by atoms with Crippen LogP contribution in [0.5, 0.6) is 0 Å². The SMILES string of the molecule is CCCCCCC=CC(CC(=O)[O-])C(=O)[O-].CCCCCCC=CC(CC(=O)[O-])C(=O)[O-].CCCCCCC=CC(CC(=O)[O-])C(=O)[O-].[Al+3].[Al+3]. The van der Waals surface area contributed by atoms with Gasteiger partial charge in [0.2, 0.25) is 0 Å². The molecule has 0 aromatic carbocycles. The number of hydrogen-bond donors (Lipinski definition) is 0. The van der Waals surface area contributed by atoms with E-state index in [1.54, 1.807) is 18.2 Å². The molecule has 3 unspecified atom stereocenters. The molecule has 0 N–H and O–H groups in total. The number of unbranched alkanes of at least 4 members (excludes halogenated alkanes) is 12. The van der Waals surface area contributed by atoms with E-state index < -0.39 is 72.8 Å². The van der Waals surface area contributed by atoms with E-state index in [9.17, 15) is 59.4 Å². The number of carboxylic acids is 6. The minimum atomic E-state index is -1.37. The van der Waals surface area contributed by atoms with Gasteiger partial charge in [-0.1, -0.05) is 115 Å². The van der Waals surface area contributed by atoms with Crippen LogP contribution in [0.4, 0.5) is 0 Å². The van der Waals surface area contributed by atoms with E-state index >= 15 is 0 Å². The van der Waals surface area contributed by atoms with E-state index in [4.69, 9.17) is 0 Å². The van der Waals surface area contributed by atoms with E-state index in [-0.39, 0.29) is 34.7 Å². The van der Waals surface area contributed by atoms with Crippen LogP contribution in [-0.4, -0.2) is 70.5 Å². The maximum atomic E-state index is 10.5. The predicted octanol–water partition coefficient (Wildman–Crippen LogP) is -0.704. The molecular weight excluding hydrogens is 678 g/mol. The summed E-state index contributed by atoms with van der Waals surface area (Å²) in [6.07, 6.45) is 23.3. The summed E-state index contributed by atoms with van der Waals surface area (Å²) in [4.78, 5) is 62.4. The normalized spacial score (nSPS) is 12.3. The van der Waals surface area contributed by atoms with Gasteiger partial charge in [-0.25, -0.2) is 0 Å². The molecule has 0 spiro atoms. The zero-order valence-electron chi connectivity index (χ0n) is 30.0. The summed E-state index contributed by atoms with van der Waals surface area (Å²) in [5, 5.41) is 62.4. The molecule has 0 aliphatic carbocycles. The Labute approximate surface area is 319 Å². The first-order valence-corrected chi connectivity index (χ1v) is 16.9. The molecule has 0 saturated carbocycles. The molecule has 0 aromatic heterocycles. The Hall–Kier alpha value is -2.90. The zero-order valence-corrected chi connectivity index (χ0v) is 32.3. The number of carbonyl (C=O) groups is 6. The summed E-state index contributed by atoms with van der Waals surface area (Å²) in [6, 6.07) is 0. The van der Waals surface area contributed by atoms with Crippen LogP contribution in [0.25, 0.3) is 0 Å². The summed E-state index contributed by atoms with van der Waals surface area (Å²) in [5.41, 5.74) is 0. The fourth-order valence-corrected chi connectivity index (χ4v) is 4.08. The third-order valence-electron chi connectivity index (χ3n) is 6.85. The van der Waals surface area contributed by atoms with Crippen molar-refractivity contribution >= 4 is 70.5 Å². The second-order valence-electron chi connectivity index (χ2n) is 11.3. The summed E-state index contributed by atoms with van der Waals surface area (Å²) in [7, 11) is 0. The van der Waals surface area contributed by atoms with Crippen molar-refractivity contribution in [2.24, 2.45) is 17.8 Å². The molecule has 12 nitrogen and oxygen atoms in total. The number of rotatable bonds is 27. The Morgan fingerprint density at radius 3 is 0.780 bits per heavy atom. The Morgan fingerprint density at radius 2 is 0.620 bits per heavy atom. The number of carbonyl (C=O) groups excluding carboxylic acids is 6. The summed E-state index contributed by atoms with van der Waals surface area (Å²) < 4.78 is 0. The Kier molecular flexibility index (Phi) is 45.8. The molecule has 0 aromatic rings. The van der Waals surface area contributed by atoms with E-state index in [1.165, 1.54) is 18.2 Å². The maximum Gasteiger partial charge on any atom is 3.00 e. The summed E-state index contributed by atoms with van der Waals surface area (Å²) in [6.45, 7) is 6.34. The smallest absolute Gasteiger partial charge is 0.550 e. The van der Waals surface area contributed by atoms with Crippen molar-refractivity contribution in [3.05, 3.63) is 36.5 Å². The number of aliphatic carboxylic acids is 6. The van der Waals surface area contributed by atoms with Gasteiger partial charge in [0.15, 0.2) is 0 Å². The molecule has 0 heterocycles. The van der Waals surface area contributed by atoms with Gasteiger partial charge < -0.3 is 59.4 Å². The molecule has 0 aliphatic heterocycles. The molecule has 0 bridgehead atoms. The van der Waals surface area contributed by atoms with Crippen LogP contribution in [0.2, 0.25) is 0 Å². The molecule has 0 amide bonds. The largest absolute Gasteiger partial charge is 3.00 e. The van der Waals surface area contributed by atoms with Crippen molar-refractivity contribution in [2.75, 3.05) is 0 Å². The molecule has 50 heavy (non-hydrogen) atoms. The van der Waals surface area contributed by atoms with Crippen LogP contribution >= 0.6 is 0 Å². The first-order valence-electron chi connectivity index (χ1n) is 16.9. The molecule has 0 rings (SSSR count). The van der Waals surface area contributed by atoms with E-state index in [2.05, 4.69) is 20.8 Å². The Morgan fingerprint density at radius 1 is 0.400 bits per heavy atom. The average molecular weight is 733 g/mol. The Balaban J connectivity index is -0.000000199. The molecule has 0 radical (unpaired) electrons. The topological polar surface area (TPSA) is 241 Å². The molecule has 0 fully saturated rings.